The Kier molecular flexibility index (Phi) is 7.14. The number of amides is 1. The molecule has 2 rings (SSSR count). The molecule has 5 nitrogen and oxygen atoms in total. The second-order valence-electron chi connectivity index (χ2n) is 6.01. The zero-order chi connectivity index (χ0) is 18.1. The molecule has 0 radical (unpaired) electrons. The Morgan fingerprint density at radius 1 is 1.00 bits per heavy atom. The molecule has 0 fully saturated rings. The van der Waals surface area contributed by atoms with E-state index in [0.29, 0.717) is 37.0 Å². The van der Waals surface area contributed by atoms with Gasteiger partial charge in [0.25, 0.3) is 5.91 Å². The minimum atomic E-state index is -0.145. The molecule has 2 aromatic rings. The first-order valence-electron chi connectivity index (χ1n) is 8.36. The van der Waals surface area contributed by atoms with Gasteiger partial charge in [0.2, 0.25) is 0 Å². The highest BCUT2D eigenvalue weighted by Crippen LogP contribution is 2.17. The van der Waals surface area contributed by atoms with Crippen LogP contribution in [-0.4, -0.2) is 32.8 Å². The summed E-state index contributed by atoms with van der Waals surface area (Å²) in [6.07, 6.45) is 0. The normalized spacial score (nSPS) is 10.4. The minimum absolute atomic E-state index is 0.145. The fourth-order valence-electron chi connectivity index (χ4n) is 2.10. The molecule has 25 heavy (non-hydrogen) atoms. The number of carbonyl (C=O) groups is 1. The van der Waals surface area contributed by atoms with Crippen molar-refractivity contribution >= 4 is 5.91 Å². The standard InChI is InChI=1S/C20H25NO4/c1-15(2)14-25-19-6-4-5-16(13-19)20(22)21-11-12-24-18-9-7-17(23-3)8-10-18/h4-10,13,15H,11-12,14H2,1-3H3,(H,21,22). The second-order valence-corrected chi connectivity index (χ2v) is 6.01. The second kappa shape index (κ2) is 9.57. The number of hydrogen-bond donors (Lipinski definition) is 1. The number of hydrogen-bond acceptors (Lipinski definition) is 4. The predicted octanol–water partition coefficient (Wildman–Crippen LogP) is 3.54. The average Bonchev–Trinajstić information content (AvgIpc) is 2.64. The van der Waals surface area contributed by atoms with Crippen molar-refractivity contribution < 1.29 is 19.0 Å². The quantitative estimate of drug-likeness (QED) is 0.708. The molecule has 0 aliphatic rings. The molecule has 0 spiro atoms. The summed E-state index contributed by atoms with van der Waals surface area (Å²) in [6, 6.07) is 14.5. The Morgan fingerprint density at radius 3 is 2.40 bits per heavy atom. The van der Waals surface area contributed by atoms with Gasteiger partial charge in [0, 0.05) is 5.56 Å². The number of ether oxygens (including phenoxy) is 3. The molecule has 1 N–H and O–H groups in total. The lowest BCUT2D eigenvalue weighted by atomic mass is 10.2. The largest absolute Gasteiger partial charge is 0.497 e. The van der Waals surface area contributed by atoms with Crippen LogP contribution in [0, 0.1) is 5.92 Å². The van der Waals surface area contributed by atoms with Gasteiger partial charge in [-0.15, -0.1) is 0 Å². The highest BCUT2D eigenvalue weighted by molar-refractivity contribution is 5.94. The Balaban J connectivity index is 1.76. The van der Waals surface area contributed by atoms with E-state index in [-0.39, 0.29) is 5.91 Å². The summed E-state index contributed by atoms with van der Waals surface area (Å²) in [5.74, 6) is 2.51. The van der Waals surface area contributed by atoms with Gasteiger partial charge in [-0.3, -0.25) is 4.79 Å². The van der Waals surface area contributed by atoms with Gasteiger partial charge in [-0.2, -0.15) is 0 Å². The third kappa shape index (κ3) is 6.37. The van der Waals surface area contributed by atoms with Crippen molar-refractivity contribution in [1.82, 2.24) is 5.32 Å². The van der Waals surface area contributed by atoms with E-state index in [1.807, 2.05) is 36.4 Å². The van der Waals surface area contributed by atoms with Crippen LogP contribution in [0.3, 0.4) is 0 Å². The lowest BCUT2D eigenvalue weighted by Gasteiger charge is -2.11. The van der Waals surface area contributed by atoms with Crippen LogP contribution < -0.4 is 19.5 Å². The number of nitrogens with one attached hydrogen (secondary N) is 1. The predicted molar refractivity (Wildman–Crippen MR) is 97.6 cm³/mol. The lowest BCUT2D eigenvalue weighted by molar-refractivity contribution is 0.0946. The van der Waals surface area contributed by atoms with Gasteiger partial charge in [0.1, 0.15) is 23.9 Å². The van der Waals surface area contributed by atoms with Crippen molar-refractivity contribution in [1.29, 1.82) is 0 Å². The molecule has 5 heteroatoms. The average molecular weight is 343 g/mol. The molecule has 0 bridgehead atoms. The summed E-state index contributed by atoms with van der Waals surface area (Å²) in [7, 11) is 1.62. The SMILES string of the molecule is COc1ccc(OCCNC(=O)c2cccc(OCC(C)C)c2)cc1. The van der Waals surface area contributed by atoms with Crippen LogP contribution in [0.5, 0.6) is 17.2 Å². The maximum Gasteiger partial charge on any atom is 0.251 e. The zero-order valence-corrected chi connectivity index (χ0v) is 15.0. The Labute approximate surface area is 148 Å². The third-order valence-electron chi connectivity index (χ3n) is 3.40. The van der Waals surface area contributed by atoms with Crippen molar-refractivity contribution in [3.8, 4) is 17.2 Å². The Hall–Kier alpha value is -2.69. The maximum atomic E-state index is 12.2. The van der Waals surface area contributed by atoms with Crippen LogP contribution in [0.4, 0.5) is 0 Å². The van der Waals surface area contributed by atoms with Crippen molar-refractivity contribution in [2.75, 3.05) is 26.9 Å². The van der Waals surface area contributed by atoms with Crippen molar-refractivity contribution in [3.63, 3.8) is 0 Å². The first-order valence-corrected chi connectivity index (χ1v) is 8.36. The number of methoxy groups -OCH3 is 1. The minimum Gasteiger partial charge on any atom is -0.497 e. The van der Waals surface area contributed by atoms with E-state index in [4.69, 9.17) is 14.2 Å². The number of carbonyl (C=O) groups excluding carboxylic acids is 1. The first kappa shape index (κ1) is 18.6. The van der Waals surface area contributed by atoms with E-state index in [1.54, 1.807) is 19.2 Å². The van der Waals surface area contributed by atoms with Gasteiger partial charge < -0.3 is 19.5 Å². The van der Waals surface area contributed by atoms with Crippen molar-refractivity contribution in [2.45, 2.75) is 13.8 Å². The summed E-state index contributed by atoms with van der Waals surface area (Å²) in [5.41, 5.74) is 0.575. The molecule has 0 heterocycles. The fourth-order valence-corrected chi connectivity index (χ4v) is 2.10. The van der Waals surface area contributed by atoms with E-state index >= 15 is 0 Å². The molecule has 0 saturated heterocycles. The number of rotatable bonds is 9. The molecule has 1 amide bonds. The highest BCUT2D eigenvalue weighted by Gasteiger charge is 2.07. The Bertz CT molecular complexity index is 668. The van der Waals surface area contributed by atoms with Crippen molar-refractivity contribution in [2.24, 2.45) is 5.92 Å². The molecule has 2 aromatic carbocycles. The van der Waals surface area contributed by atoms with Gasteiger partial charge in [0.05, 0.1) is 20.3 Å². The van der Waals surface area contributed by atoms with Crippen LogP contribution >= 0.6 is 0 Å². The van der Waals surface area contributed by atoms with E-state index in [0.717, 1.165) is 11.5 Å². The molecule has 0 saturated carbocycles. The highest BCUT2D eigenvalue weighted by atomic mass is 16.5. The molecule has 0 aliphatic heterocycles. The van der Waals surface area contributed by atoms with Gasteiger partial charge >= 0.3 is 0 Å². The summed E-state index contributed by atoms with van der Waals surface area (Å²) in [4.78, 5) is 12.2. The number of benzene rings is 2. The summed E-state index contributed by atoms with van der Waals surface area (Å²) in [6.45, 7) is 5.60. The summed E-state index contributed by atoms with van der Waals surface area (Å²) < 4.78 is 16.3. The maximum absolute atomic E-state index is 12.2. The smallest absolute Gasteiger partial charge is 0.251 e. The molecule has 0 aromatic heterocycles. The van der Waals surface area contributed by atoms with Gasteiger partial charge in [-0.05, 0) is 48.4 Å². The molecular formula is C20H25NO4. The van der Waals surface area contributed by atoms with E-state index in [1.165, 1.54) is 0 Å². The molecular weight excluding hydrogens is 318 g/mol. The molecule has 0 unspecified atom stereocenters. The van der Waals surface area contributed by atoms with Crippen LogP contribution in [-0.2, 0) is 0 Å². The molecule has 0 atom stereocenters. The molecule has 134 valence electrons. The fraction of sp³-hybridized carbons (Fsp3) is 0.350. The van der Waals surface area contributed by atoms with E-state index in [9.17, 15) is 4.79 Å². The lowest BCUT2D eigenvalue weighted by Crippen LogP contribution is -2.28. The molecule has 0 aliphatic carbocycles. The zero-order valence-electron chi connectivity index (χ0n) is 15.0. The Morgan fingerprint density at radius 2 is 1.72 bits per heavy atom. The van der Waals surface area contributed by atoms with Crippen LogP contribution in [0.25, 0.3) is 0 Å². The van der Waals surface area contributed by atoms with Gasteiger partial charge in [-0.1, -0.05) is 19.9 Å². The van der Waals surface area contributed by atoms with Crippen LogP contribution in [0.15, 0.2) is 48.5 Å². The van der Waals surface area contributed by atoms with Gasteiger partial charge in [-0.25, -0.2) is 0 Å². The van der Waals surface area contributed by atoms with E-state index < -0.39 is 0 Å². The topological polar surface area (TPSA) is 56.8 Å². The first-order chi connectivity index (χ1) is 12.1. The van der Waals surface area contributed by atoms with Crippen LogP contribution in [0.1, 0.15) is 24.2 Å². The van der Waals surface area contributed by atoms with Crippen molar-refractivity contribution in [3.05, 3.63) is 54.1 Å². The van der Waals surface area contributed by atoms with Gasteiger partial charge in [0.15, 0.2) is 0 Å². The third-order valence-corrected chi connectivity index (χ3v) is 3.40. The summed E-state index contributed by atoms with van der Waals surface area (Å²) >= 11 is 0. The van der Waals surface area contributed by atoms with E-state index in [2.05, 4.69) is 19.2 Å². The summed E-state index contributed by atoms with van der Waals surface area (Å²) in [5, 5.41) is 2.84. The monoisotopic (exact) mass is 343 g/mol. The van der Waals surface area contributed by atoms with Crippen LogP contribution in [0.2, 0.25) is 0 Å².